The van der Waals surface area contributed by atoms with Gasteiger partial charge in [-0.25, -0.2) is 4.68 Å². The summed E-state index contributed by atoms with van der Waals surface area (Å²) in [5.41, 5.74) is 6.58. The van der Waals surface area contributed by atoms with E-state index in [0.717, 1.165) is 63.9 Å². The molecule has 1 unspecified atom stereocenters. The molecule has 1 N–H and O–H groups in total. The van der Waals surface area contributed by atoms with Crippen molar-refractivity contribution < 1.29 is 14.3 Å². The van der Waals surface area contributed by atoms with Crippen molar-refractivity contribution in [3.63, 3.8) is 0 Å². The van der Waals surface area contributed by atoms with Crippen LogP contribution in [0.4, 0.5) is 0 Å². The van der Waals surface area contributed by atoms with Crippen LogP contribution in [0.25, 0.3) is 21.1 Å². The van der Waals surface area contributed by atoms with Crippen LogP contribution in [-0.2, 0) is 23.1 Å². The summed E-state index contributed by atoms with van der Waals surface area (Å²) in [6.07, 6.45) is 2.21. The second-order valence-corrected chi connectivity index (χ2v) is 12.8. The van der Waals surface area contributed by atoms with Gasteiger partial charge in [-0.15, -0.1) is 16.4 Å². The van der Waals surface area contributed by atoms with Crippen molar-refractivity contribution >= 4 is 38.4 Å². The van der Waals surface area contributed by atoms with Crippen LogP contribution in [0.15, 0.2) is 52.6 Å². The molecule has 10 heteroatoms. The van der Waals surface area contributed by atoms with E-state index in [1.54, 1.807) is 22.1 Å². The number of benzene rings is 2. The van der Waals surface area contributed by atoms with Crippen LogP contribution < -0.4 is 10.3 Å². The number of H-pyrrole nitrogens is 1. The number of carbonyl (C=O) groups excluding carboxylic acids is 1. The minimum Gasteiger partial charge on any atom is -0.484 e. The molecule has 1 fully saturated rings. The number of thiophene rings is 1. The van der Waals surface area contributed by atoms with E-state index >= 15 is 0 Å². The van der Waals surface area contributed by atoms with Crippen molar-refractivity contribution in [3.05, 3.63) is 86.1 Å². The molecule has 222 valence electrons. The van der Waals surface area contributed by atoms with Crippen LogP contribution >= 0.6 is 11.3 Å². The molecule has 0 amide bonds. The summed E-state index contributed by atoms with van der Waals surface area (Å²) in [7, 11) is 1.88. The summed E-state index contributed by atoms with van der Waals surface area (Å²) in [5, 5.41) is 11.9. The average Bonchev–Trinajstić information content (AvgIpc) is 3.40. The minimum atomic E-state index is -0.229. The van der Waals surface area contributed by atoms with E-state index in [1.807, 2.05) is 26.1 Å². The van der Waals surface area contributed by atoms with Crippen molar-refractivity contribution in [1.29, 1.82) is 0 Å². The minimum absolute atomic E-state index is 0.0424. The summed E-state index contributed by atoms with van der Waals surface area (Å²) in [4.78, 5) is 30.8. The van der Waals surface area contributed by atoms with Gasteiger partial charge < -0.3 is 14.5 Å². The van der Waals surface area contributed by atoms with Crippen LogP contribution in [0, 0.1) is 6.92 Å². The number of esters is 1. The Bertz CT molecular complexity index is 1920. The van der Waals surface area contributed by atoms with Gasteiger partial charge in [0.15, 0.2) is 0 Å². The maximum atomic E-state index is 13.0. The predicted octanol–water partition coefficient (Wildman–Crippen LogP) is 5.75. The molecule has 4 heterocycles. The highest BCUT2D eigenvalue weighted by Gasteiger charge is 2.50. The van der Waals surface area contributed by atoms with Crippen molar-refractivity contribution in [3.8, 4) is 5.75 Å². The molecule has 1 saturated carbocycles. The Hall–Kier alpha value is -4.02. The van der Waals surface area contributed by atoms with Gasteiger partial charge >= 0.3 is 5.97 Å². The molecule has 1 aliphatic heterocycles. The molecule has 5 aromatic rings. The normalized spacial score (nSPS) is 18.4. The Morgan fingerprint density at radius 2 is 2.07 bits per heavy atom. The Morgan fingerprint density at radius 3 is 2.86 bits per heavy atom. The van der Waals surface area contributed by atoms with Gasteiger partial charge in [0.25, 0.3) is 0 Å². The third-order valence-electron chi connectivity index (χ3n) is 9.06. The highest BCUT2D eigenvalue weighted by Crippen LogP contribution is 2.47. The molecular weight excluding hydrogens is 562 g/mol. The number of hydrogen-bond donors (Lipinski definition) is 1. The van der Waals surface area contributed by atoms with E-state index in [0.29, 0.717) is 13.2 Å². The zero-order valence-electron chi connectivity index (χ0n) is 24.8. The van der Waals surface area contributed by atoms with E-state index < -0.39 is 0 Å². The fraction of sp³-hybridized carbons (Fsp3) is 0.394. The number of fused-ring (bicyclic) bond motifs is 3. The number of nitrogens with one attached hydrogen (secondary N) is 1. The smallest absolute Gasteiger partial charge is 0.306 e. The van der Waals surface area contributed by atoms with E-state index in [9.17, 15) is 9.59 Å². The van der Waals surface area contributed by atoms with Crippen LogP contribution in [0.1, 0.15) is 73.0 Å². The van der Waals surface area contributed by atoms with Gasteiger partial charge in [0.1, 0.15) is 16.9 Å². The lowest BCUT2D eigenvalue weighted by Gasteiger charge is -2.29. The molecule has 7 rings (SSSR count). The zero-order chi connectivity index (χ0) is 29.9. The largest absolute Gasteiger partial charge is 0.484 e. The Morgan fingerprint density at radius 1 is 1.23 bits per heavy atom. The number of aryl methyl sites for hydroxylation is 2. The lowest BCUT2D eigenvalue weighted by Crippen LogP contribution is -2.36. The van der Waals surface area contributed by atoms with Crippen LogP contribution in [0.3, 0.4) is 0 Å². The number of hydrogen-bond acceptors (Lipinski definition) is 8. The van der Waals surface area contributed by atoms with Crippen molar-refractivity contribution in [2.45, 2.75) is 64.1 Å². The maximum absolute atomic E-state index is 13.0. The highest BCUT2D eigenvalue weighted by atomic mass is 32.1. The van der Waals surface area contributed by atoms with Gasteiger partial charge in [0, 0.05) is 36.8 Å². The van der Waals surface area contributed by atoms with Crippen molar-refractivity contribution in [1.82, 2.24) is 24.9 Å². The van der Waals surface area contributed by atoms with E-state index in [2.05, 4.69) is 63.7 Å². The first-order valence-corrected chi connectivity index (χ1v) is 15.7. The van der Waals surface area contributed by atoms with Crippen molar-refractivity contribution in [2.24, 2.45) is 7.05 Å². The lowest BCUT2D eigenvalue weighted by atomic mass is 9.84. The Balaban J connectivity index is 1.32. The quantitative estimate of drug-likeness (QED) is 0.238. The monoisotopic (exact) mass is 597 g/mol. The number of aromatic amines is 1. The van der Waals surface area contributed by atoms with Crippen molar-refractivity contribution in [2.75, 3.05) is 13.2 Å². The fourth-order valence-electron chi connectivity index (χ4n) is 6.56. The molecule has 3 aromatic heterocycles. The van der Waals surface area contributed by atoms with Crippen LogP contribution in [-0.4, -0.2) is 49.6 Å². The average molecular weight is 598 g/mol. The SMILES string of the molecule is CCOC(=O)C[C@H](c1cc(CN2CC3(CC3)Oc3ccc(=O)[nH]c3C2C)c2sccc2c1)c1ccc2c(nnn2C)c1C. The van der Waals surface area contributed by atoms with Gasteiger partial charge in [-0.2, -0.15) is 0 Å². The molecule has 1 aliphatic carbocycles. The number of pyridine rings is 1. The van der Waals surface area contributed by atoms with Gasteiger partial charge in [0.2, 0.25) is 5.56 Å². The standard InChI is InChI=1S/C33H35N5O4S/c1-5-41-29(40)16-25(24-6-7-26-30(19(24)2)35-36-37(26)4)22-14-21-10-13-43-32(21)23(15-22)17-38-18-33(11-12-33)42-27-8-9-28(39)34-31(27)20(38)3/h6-10,13-15,20,25H,5,11-12,16-18H2,1-4H3,(H,34,39)/t20?,25-/m1/s1. The number of nitrogens with zero attached hydrogens (tertiary/aromatic N) is 4. The summed E-state index contributed by atoms with van der Waals surface area (Å²) in [5.74, 6) is 0.324. The molecule has 9 nitrogen and oxygen atoms in total. The zero-order valence-corrected chi connectivity index (χ0v) is 25.7. The summed E-state index contributed by atoms with van der Waals surface area (Å²) in [6.45, 7) is 7.82. The van der Waals surface area contributed by atoms with Gasteiger partial charge in [-0.1, -0.05) is 17.3 Å². The molecular formula is C33H35N5O4S. The third kappa shape index (κ3) is 5.02. The fourth-order valence-corrected chi connectivity index (χ4v) is 7.45. The van der Waals surface area contributed by atoms with Gasteiger partial charge in [0.05, 0.1) is 30.3 Å². The summed E-state index contributed by atoms with van der Waals surface area (Å²) >= 11 is 1.73. The molecule has 43 heavy (non-hydrogen) atoms. The number of rotatable bonds is 7. The van der Waals surface area contributed by atoms with Crippen LogP contribution in [0.5, 0.6) is 5.75 Å². The molecule has 1 spiro atoms. The summed E-state index contributed by atoms with van der Waals surface area (Å²) < 4.78 is 14.9. The second-order valence-electron chi connectivity index (χ2n) is 11.9. The second kappa shape index (κ2) is 10.6. The lowest BCUT2D eigenvalue weighted by molar-refractivity contribution is -0.143. The van der Waals surface area contributed by atoms with Crippen LogP contribution in [0.2, 0.25) is 0 Å². The first-order chi connectivity index (χ1) is 20.7. The molecule has 2 aliphatic rings. The number of carbonyl (C=O) groups is 1. The molecule has 0 radical (unpaired) electrons. The molecule has 0 bridgehead atoms. The van der Waals surface area contributed by atoms with E-state index in [-0.39, 0.29) is 35.5 Å². The number of aromatic nitrogens is 4. The van der Waals surface area contributed by atoms with Gasteiger partial charge in [-0.05, 0) is 90.9 Å². The predicted molar refractivity (Wildman–Crippen MR) is 167 cm³/mol. The molecule has 2 atom stereocenters. The number of ether oxygens (including phenoxy) is 2. The van der Waals surface area contributed by atoms with E-state index in [1.165, 1.54) is 10.3 Å². The maximum Gasteiger partial charge on any atom is 0.306 e. The topological polar surface area (TPSA) is 102 Å². The Labute approximate surface area is 253 Å². The first kappa shape index (κ1) is 27.8. The first-order valence-electron chi connectivity index (χ1n) is 14.9. The molecule has 2 aromatic carbocycles. The Kier molecular flexibility index (Phi) is 6.85. The van der Waals surface area contributed by atoms with Gasteiger partial charge in [-0.3, -0.25) is 14.5 Å². The van der Waals surface area contributed by atoms with E-state index in [4.69, 9.17) is 9.47 Å². The summed E-state index contributed by atoms with van der Waals surface area (Å²) in [6, 6.07) is 14.1. The highest BCUT2D eigenvalue weighted by molar-refractivity contribution is 7.17. The third-order valence-corrected chi connectivity index (χ3v) is 10.1. The molecule has 0 saturated heterocycles.